The fourth-order valence-electron chi connectivity index (χ4n) is 5.15. The summed E-state index contributed by atoms with van der Waals surface area (Å²) in [5.74, 6) is -0.0125. The minimum atomic E-state index is -0.345. The number of thioether (sulfide) groups is 1. The van der Waals surface area contributed by atoms with Gasteiger partial charge >= 0.3 is 0 Å². The van der Waals surface area contributed by atoms with E-state index >= 15 is 0 Å². The summed E-state index contributed by atoms with van der Waals surface area (Å²) >= 11 is 7.67. The molecule has 0 unspecified atom stereocenters. The van der Waals surface area contributed by atoms with Crippen molar-refractivity contribution in [1.29, 1.82) is 0 Å². The van der Waals surface area contributed by atoms with Crippen molar-refractivity contribution in [2.75, 3.05) is 43.5 Å². The number of benzene rings is 3. The highest BCUT2D eigenvalue weighted by Crippen LogP contribution is 2.48. The molecular formula is C31H28ClFN4O3S. The second kappa shape index (κ2) is 11.7. The van der Waals surface area contributed by atoms with Crippen LogP contribution in [0.4, 0.5) is 10.2 Å². The van der Waals surface area contributed by atoms with E-state index in [1.165, 1.54) is 23.9 Å². The molecule has 4 aromatic rings. The maximum absolute atomic E-state index is 14.0. The molecule has 1 atom stereocenters. The molecule has 2 aliphatic heterocycles. The fraction of sp³-hybridized carbons (Fsp3) is 0.258. The van der Waals surface area contributed by atoms with Crippen molar-refractivity contribution in [3.8, 4) is 16.9 Å². The van der Waals surface area contributed by atoms with Crippen molar-refractivity contribution in [1.82, 2.24) is 14.7 Å². The van der Waals surface area contributed by atoms with Gasteiger partial charge in [-0.3, -0.25) is 14.5 Å². The highest BCUT2D eigenvalue weighted by atomic mass is 35.5. The number of rotatable bonds is 5. The molecule has 0 bridgehead atoms. The predicted octanol–water partition coefficient (Wildman–Crippen LogP) is 5.67. The molecule has 10 heteroatoms. The van der Waals surface area contributed by atoms with Crippen LogP contribution in [0.5, 0.6) is 0 Å². The number of anilines is 1. The lowest BCUT2D eigenvalue weighted by Crippen LogP contribution is -2.48. The Bertz CT molecular complexity index is 1570. The van der Waals surface area contributed by atoms with Crippen molar-refractivity contribution in [3.63, 3.8) is 0 Å². The Morgan fingerprint density at radius 3 is 2.39 bits per heavy atom. The van der Waals surface area contributed by atoms with Crippen LogP contribution in [0.25, 0.3) is 16.9 Å². The second-order valence-electron chi connectivity index (χ2n) is 10.1. The number of ether oxygens (including phenoxy) is 1. The zero-order valence-corrected chi connectivity index (χ0v) is 24.0. The first-order valence-corrected chi connectivity index (χ1v) is 14.8. The standard InChI is InChI=1S/C31H28ClFN4O3S/c1-20-2-12-25(13-3-20)37-31-28(29(34-37)21-4-8-23(32)9-5-21)30(22-6-10-24(33)11-7-22)41-19-27(39)36(31)18-26(38)35-14-16-40-17-15-35/h2-13,30H,14-19H2,1H3/t30-/m1/s1. The van der Waals surface area contributed by atoms with Crippen molar-refractivity contribution in [2.45, 2.75) is 12.2 Å². The summed E-state index contributed by atoms with van der Waals surface area (Å²) in [6.45, 7) is 3.78. The van der Waals surface area contributed by atoms with Gasteiger partial charge in [-0.05, 0) is 48.9 Å². The van der Waals surface area contributed by atoms with E-state index in [-0.39, 0.29) is 35.2 Å². The predicted molar refractivity (Wildman–Crippen MR) is 159 cm³/mol. The number of halogens is 2. The zero-order chi connectivity index (χ0) is 28.5. The third kappa shape index (κ3) is 5.62. The van der Waals surface area contributed by atoms with E-state index in [0.717, 1.165) is 27.9 Å². The molecule has 210 valence electrons. The molecular weight excluding hydrogens is 563 g/mol. The lowest BCUT2D eigenvalue weighted by Gasteiger charge is -2.30. The molecule has 2 amide bonds. The van der Waals surface area contributed by atoms with Gasteiger partial charge in [0.2, 0.25) is 11.8 Å². The molecule has 1 saturated heterocycles. The molecule has 0 aliphatic carbocycles. The molecule has 0 spiro atoms. The molecule has 3 aromatic carbocycles. The van der Waals surface area contributed by atoms with Gasteiger partial charge in [-0.1, -0.05) is 53.6 Å². The molecule has 0 N–H and O–H groups in total. The number of amides is 2. The molecule has 0 radical (unpaired) electrons. The third-order valence-electron chi connectivity index (χ3n) is 7.32. The van der Waals surface area contributed by atoms with E-state index in [0.29, 0.717) is 42.8 Å². The summed E-state index contributed by atoms with van der Waals surface area (Å²) in [6.07, 6.45) is 0. The number of nitrogens with zero attached hydrogens (tertiary/aromatic N) is 4. The SMILES string of the molecule is Cc1ccc(-n2nc(-c3ccc(Cl)cc3)c3c2N(CC(=O)N2CCOCC2)C(=O)CS[C@@H]3c2ccc(F)cc2)cc1. The van der Waals surface area contributed by atoms with Crippen LogP contribution >= 0.6 is 23.4 Å². The number of aryl methyl sites for hydroxylation is 1. The van der Waals surface area contributed by atoms with Gasteiger partial charge in [0.1, 0.15) is 18.2 Å². The van der Waals surface area contributed by atoms with Crippen molar-refractivity contribution < 1.29 is 18.7 Å². The van der Waals surface area contributed by atoms with Crippen LogP contribution in [0.3, 0.4) is 0 Å². The smallest absolute Gasteiger partial charge is 0.242 e. The Hall–Kier alpha value is -3.66. The van der Waals surface area contributed by atoms with E-state index in [1.807, 2.05) is 43.3 Å². The number of fused-ring (bicyclic) bond motifs is 1. The Balaban J connectivity index is 1.58. The average Bonchev–Trinajstić information content (AvgIpc) is 3.31. The largest absolute Gasteiger partial charge is 0.378 e. The molecule has 0 saturated carbocycles. The quantitative estimate of drug-likeness (QED) is 0.300. The van der Waals surface area contributed by atoms with Crippen LogP contribution in [0, 0.1) is 12.7 Å². The maximum Gasteiger partial charge on any atom is 0.242 e. The number of carbonyl (C=O) groups excluding carboxylic acids is 2. The van der Waals surface area contributed by atoms with E-state index in [2.05, 4.69) is 0 Å². The van der Waals surface area contributed by atoms with Gasteiger partial charge in [-0.25, -0.2) is 9.07 Å². The minimum absolute atomic E-state index is 0.125. The third-order valence-corrected chi connectivity index (χ3v) is 8.82. The van der Waals surface area contributed by atoms with Crippen LogP contribution in [0.1, 0.15) is 21.9 Å². The summed E-state index contributed by atoms with van der Waals surface area (Å²) in [7, 11) is 0. The number of morpholine rings is 1. The van der Waals surface area contributed by atoms with Gasteiger partial charge in [0, 0.05) is 29.2 Å². The molecule has 2 aliphatic rings. The lowest BCUT2D eigenvalue weighted by molar-refractivity contribution is -0.134. The van der Waals surface area contributed by atoms with Crippen LogP contribution in [-0.2, 0) is 14.3 Å². The Kier molecular flexibility index (Phi) is 7.84. The van der Waals surface area contributed by atoms with E-state index in [9.17, 15) is 14.0 Å². The van der Waals surface area contributed by atoms with E-state index in [4.69, 9.17) is 21.4 Å². The molecule has 6 rings (SSSR count). The van der Waals surface area contributed by atoms with Crippen LogP contribution < -0.4 is 4.90 Å². The number of carbonyl (C=O) groups is 2. The first-order valence-electron chi connectivity index (χ1n) is 13.4. The second-order valence-corrected chi connectivity index (χ2v) is 11.6. The van der Waals surface area contributed by atoms with Crippen LogP contribution in [-0.4, -0.2) is 65.1 Å². The highest BCUT2D eigenvalue weighted by Gasteiger charge is 2.38. The first-order chi connectivity index (χ1) is 19.9. The normalized spacial score (nSPS) is 17.3. The highest BCUT2D eigenvalue weighted by molar-refractivity contribution is 8.00. The van der Waals surface area contributed by atoms with Gasteiger partial charge < -0.3 is 9.64 Å². The van der Waals surface area contributed by atoms with Crippen LogP contribution in [0.15, 0.2) is 72.8 Å². The Morgan fingerprint density at radius 1 is 1.02 bits per heavy atom. The lowest BCUT2D eigenvalue weighted by atomic mass is 9.99. The number of hydrogen-bond acceptors (Lipinski definition) is 5. The van der Waals surface area contributed by atoms with Crippen molar-refractivity contribution in [3.05, 3.63) is 100 Å². The van der Waals surface area contributed by atoms with E-state index < -0.39 is 0 Å². The van der Waals surface area contributed by atoms with Crippen molar-refractivity contribution >= 4 is 41.0 Å². The molecule has 7 nitrogen and oxygen atoms in total. The Morgan fingerprint density at radius 2 is 1.71 bits per heavy atom. The van der Waals surface area contributed by atoms with Crippen LogP contribution in [0.2, 0.25) is 5.02 Å². The van der Waals surface area contributed by atoms with Gasteiger partial charge in [0.05, 0.1) is 35.6 Å². The number of hydrogen-bond donors (Lipinski definition) is 0. The van der Waals surface area contributed by atoms with Crippen molar-refractivity contribution in [2.24, 2.45) is 0 Å². The topological polar surface area (TPSA) is 67.7 Å². The Labute approximate surface area is 246 Å². The minimum Gasteiger partial charge on any atom is -0.378 e. The summed E-state index contributed by atoms with van der Waals surface area (Å²) in [4.78, 5) is 30.7. The van der Waals surface area contributed by atoms with Gasteiger partial charge in [-0.15, -0.1) is 11.8 Å². The summed E-state index contributed by atoms with van der Waals surface area (Å²) < 4.78 is 21.1. The van der Waals surface area contributed by atoms with Gasteiger partial charge in [-0.2, -0.15) is 5.10 Å². The monoisotopic (exact) mass is 590 g/mol. The summed E-state index contributed by atoms with van der Waals surface area (Å²) in [5.41, 5.74) is 4.94. The zero-order valence-electron chi connectivity index (χ0n) is 22.4. The summed E-state index contributed by atoms with van der Waals surface area (Å²) in [6, 6.07) is 21.6. The van der Waals surface area contributed by atoms with E-state index in [1.54, 1.807) is 38.7 Å². The average molecular weight is 591 g/mol. The molecule has 1 fully saturated rings. The summed E-state index contributed by atoms with van der Waals surface area (Å²) in [5, 5.41) is 5.33. The number of aromatic nitrogens is 2. The molecule has 3 heterocycles. The first kappa shape index (κ1) is 27.5. The molecule has 1 aromatic heterocycles. The van der Waals surface area contributed by atoms with Gasteiger partial charge in [0.15, 0.2) is 0 Å². The maximum atomic E-state index is 14.0. The van der Waals surface area contributed by atoms with Gasteiger partial charge in [0.25, 0.3) is 0 Å². The molecule has 41 heavy (non-hydrogen) atoms. The fourth-order valence-corrected chi connectivity index (χ4v) is 6.48.